The maximum Gasteiger partial charge on any atom is 0.150 e. The predicted molar refractivity (Wildman–Crippen MR) is 236 cm³/mol. The summed E-state index contributed by atoms with van der Waals surface area (Å²) in [6.45, 7) is 18.4. The van der Waals surface area contributed by atoms with Crippen LogP contribution in [0, 0.1) is 0 Å². The molecule has 6 aromatic carbocycles. The Morgan fingerprint density at radius 2 is 0.778 bits per heavy atom. The Bertz CT molecular complexity index is 1550. The first kappa shape index (κ1) is 46.4. The zero-order chi connectivity index (χ0) is 39.8. The first-order chi connectivity index (χ1) is 26.4. The van der Waals surface area contributed by atoms with Crippen molar-refractivity contribution < 1.29 is 9.53 Å². The van der Waals surface area contributed by atoms with E-state index < -0.39 is 0 Å². The Kier molecular flexibility index (Phi) is 25.7. The van der Waals surface area contributed by atoms with Gasteiger partial charge in [0.25, 0.3) is 0 Å². The normalized spacial score (nSPS) is 9.39. The van der Waals surface area contributed by atoms with Gasteiger partial charge in [0.05, 0.1) is 7.11 Å². The van der Waals surface area contributed by atoms with Crippen molar-refractivity contribution >= 4 is 17.7 Å². The Hall–Kier alpha value is -5.61. The maximum absolute atomic E-state index is 10.3. The average molecular weight is 725 g/mol. The van der Waals surface area contributed by atoms with E-state index in [0.29, 0.717) is 11.8 Å². The van der Waals surface area contributed by atoms with Crippen molar-refractivity contribution in [3.05, 3.63) is 198 Å². The lowest BCUT2D eigenvalue weighted by molar-refractivity contribution is 0.112. The van der Waals surface area contributed by atoms with Crippen LogP contribution < -0.4 is 15.4 Å². The fraction of sp³-hybridized carbons (Fsp3) is 0.260. The zero-order valence-electron chi connectivity index (χ0n) is 34.1. The SMILES string of the molecule is CC.CC.CC(C)c1ccc(C=O)cc1.COc1ccc(C(C)C)cc1.c1ccc(CNc2ccccc2)cc1.c1ccc(CNc2ccccc2)cc1. The van der Waals surface area contributed by atoms with E-state index in [2.05, 4.69) is 123 Å². The van der Waals surface area contributed by atoms with Gasteiger partial charge in [-0.2, -0.15) is 0 Å². The molecule has 0 radical (unpaired) electrons. The highest BCUT2D eigenvalue weighted by Gasteiger charge is 1.98. The molecule has 54 heavy (non-hydrogen) atoms. The molecular formula is C50H64N2O2. The van der Waals surface area contributed by atoms with Crippen molar-refractivity contribution in [2.45, 2.75) is 80.3 Å². The van der Waals surface area contributed by atoms with E-state index in [0.717, 1.165) is 42.1 Å². The van der Waals surface area contributed by atoms with Crippen LogP contribution in [0.2, 0.25) is 0 Å². The van der Waals surface area contributed by atoms with Crippen molar-refractivity contribution in [1.82, 2.24) is 0 Å². The number of rotatable bonds is 10. The van der Waals surface area contributed by atoms with Crippen LogP contribution in [-0.4, -0.2) is 13.4 Å². The molecule has 0 saturated heterocycles. The lowest BCUT2D eigenvalue weighted by Gasteiger charge is -2.05. The van der Waals surface area contributed by atoms with Gasteiger partial charge in [-0.3, -0.25) is 4.79 Å². The number of carbonyl (C=O) groups is 1. The molecule has 0 bridgehead atoms. The van der Waals surface area contributed by atoms with E-state index in [9.17, 15) is 4.79 Å². The molecule has 0 aliphatic rings. The molecule has 6 aromatic rings. The van der Waals surface area contributed by atoms with Crippen LogP contribution in [0.5, 0.6) is 5.75 Å². The van der Waals surface area contributed by atoms with Gasteiger partial charge in [0.2, 0.25) is 0 Å². The van der Waals surface area contributed by atoms with Crippen molar-refractivity contribution in [1.29, 1.82) is 0 Å². The number of methoxy groups -OCH3 is 1. The van der Waals surface area contributed by atoms with Gasteiger partial charge >= 0.3 is 0 Å². The molecule has 0 unspecified atom stereocenters. The summed E-state index contributed by atoms with van der Waals surface area (Å²) in [5.74, 6) is 2.06. The molecule has 0 aliphatic heterocycles. The molecule has 6 rings (SSSR count). The lowest BCUT2D eigenvalue weighted by atomic mass is 10.0. The third-order valence-electron chi connectivity index (χ3n) is 7.75. The highest BCUT2D eigenvalue weighted by molar-refractivity contribution is 5.74. The predicted octanol–water partition coefficient (Wildman–Crippen LogP) is 14.1. The van der Waals surface area contributed by atoms with Crippen LogP contribution in [0.15, 0.2) is 170 Å². The number of anilines is 2. The van der Waals surface area contributed by atoms with Crippen LogP contribution >= 0.6 is 0 Å². The van der Waals surface area contributed by atoms with Gasteiger partial charge in [-0.05, 0) is 70.5 Å². The summed E-state index contributed by atoms with van der Waals surface area (Å²) in [5, 5.41) is 6.72. The summed E-state index contributed by atoms with van der Waals surface area (Å²) in [7, 11) is 1.68. The van der Waals surface area contributed by atoms with Crippen LogP contribution in [0.3, 0.4) is 0 Å². The van der Waals surface area contributed by atoms with Crippen LogP contribution in [0.25, 0.3) is 0 Å². The van der Waals surface area contributed by atoms with Crippen molar-refractivity contribution in [2.24, 2.45) is 0 Å². The van der Waals surface area contributed by atoms with E-state index in [1.165, 1.54) is 22.3 Å². The van der Waals surface area contributed by atoms with Crippen molar-refractivity contribution in [3.63, 3.8) is 0 Å². The highest BCUT2D eigenvalue weighted by atomic mass is 16.5. The quantitative estimate of drug-likeness (QED) is 0.138. The summed E-state index contributed by atoms with van der Waals surface area (Å²) < 4.78 is 5.05. The summed E-state index contributed by atoms with van der Waals surface area (Å²) in [4.78, 5) is 10.3. The molecular weight excluding hydrogens is 661 g/mol. The first-order valence-corrected chi connectivity index (χ1v) is 19.2. The van der Waals surface area contributed by atoms with Crippen molar-refractivity contribution in [2.75, 3.05) is 17.7 Å². The lowest BCUT2D eigenvalue weighted by Crippen LogP contribution is -1.98. The molecule has 0 atom stereocenters. The number of carbonyl (C=O) groups excluding carboxylic acids is 1. The molecule has 2 N–H and O–H groups in total. The second-order valence-corrected chi connectivity index (χ2v) is 12.3. The van der Waals surface area contributed by atoms with E-state index in [1.54, 1.807) is 7.11 Å². The third kappa shape index (κ3) is 20.4. The Morgan fingerprint density at radius 1 is 0.463 bits per heavy atom. The maximum atomic E-state index is 10.3. The number of hydrogen-bond donors (Lipinski definition) is 2. The molecule has 0 saturated carbocycles. The minimum atomic E-state index is 0.538. The van der Waals surface area contributed by atoms with Gasteiger partial charge < -0.3 is 15.4 Å². The highest BCUT2D eigenvalue weighted by Crippen LogP contribution is 2.18. The summed E-state index contributed by atoms with van der Waals surface area (Å²) >= 11 is 0. The standard InChI is InChI=1S/2C13H13N.C10H14O.C10H12O.2C2H6/c2*1-3-7-12(8-4-1)11-14-13-9-5-2-6-10-13;1-8(2)9-4-6-10(11-3)7-5-9;1-8(2)10-5-3-9(7-11)4-6-10;2*1-2/h2*1-10,14H,11H2;4-8H,1-3H3;3-8H,1-2H3;2*1-2H3. The Balaban J connectivity index is 0.000000351. The second kappa shape index (κ2) is 29.9. The van der Waals surface area contributed by atoms with Gasteiger partial charge in [-0.1, -0.05) is 189 Å². The molecule has 0 amide bonds. The van der Waals surface area contributed by atoms with Gasteiger partial charge in [0, 0.05) is 30.0 Å². The van der Waals surface area contributed by atoms with Gasteiger partial charge in [-0.15, -0.1) is 0 Å². The summed E-state index contributed by atoms with van der Waals surface area (Å²) in [6.07, 6.45) is 0.865. The van der Waals surface area contributed by atoms with Gasteiger partial charge in [0.15, 0.2) is 0 Å². The van der Waals surface area contributed by atoms with Crippen LogP contribution in [0.4, 0.5) is 11.4 Å². The second-order valence-electron chi connectivity index (χ2n) is 12.3. The third-order valence-corrected chi connectivity index (χ3v) is 7.75. The zero-order valence-corrected chi connectivity index (χ0v) is 34.1. The molecule has 0 heterocycles. The smallest absolute Gasteiger partial charge is 0.150 e. The van der Waals surface area contributed by atoms with E-state index in [-0.39, 0.29) is 0 Å². The molecule has 0 aromatic heterocycles. The molecule has 0 spiro atoms. The molecule has 0 fully saturated rings. The fourth-order valence-electron chi connectivity index (χ4n) is 4.66. The molecule has 4 heteroatoms. The number of nitrogens with one attached hydrogen (secondary N) is 2. The molecule has 0 aliphatic carbocycles. The van der Waals surface area contributed by atoms with Crippen molar-refractivity contribution in [3.8, 4) is 5.75 Å². The number of ether oxygens (including phenoxy) is 1. The van der Waals surface area contributed by atoms with Gasteiger partial charge in [-0.25, -0.2) is 0 Å². The average Bonchev–Trinajstić information content (AvgIpc) is 3.26. The van der Waals surface area contributed by atoms with E-state index >= 15 is 0 Å². The Morgan fingerprint density at radius 3 is 1.07 bits per heavy atom. The fourth-order valence-corrected chi connectivity index (χ4v) is 4.66. The monoisotopic (exact) mass is 724 g/mol. The first-order valence-electron chi connectivity index (χ1n) is 19.2. The minimum Gasteiger partial charge on any atom is -0.497 e. The number of benzene rings is 6. The summed E-state index contributed by atoms with van der Waals surface area (Å²) in [5.41, 5.74) is 8.30. The Labute approximate surface area is 327 Å². The largest absolute Gasteiger partial charge is 0.497 e. The number of para-hydroxylation sites is 2. The topological polar surface area (TPSA) is 50.4 Å². The van der Waals surface area contributed by atoms with Gasteiger partial charge in [0.1, 0.15) is 12.0 Å². The summed E-state index contributed by atoms with van der Waals surface area (Å²) in [6, 6.07) is 57.1. The van der Waals surface area contributed by atoms with E-state index in [1.807, 2.05) is 113 Å². The minimum absolute atomic E-state index is 0.538. The molecule has 286 valence electrons. The van der Waals surface area contributed by atoms with E-state index in [4.69, 9.17) is 4.74 Å². The number of aldehydes is 1. The number of hydrogen-bond acceptors (Lipinski definition) is 4. The van der Waals surface area contributed by atoms with Crippen LogP contribution in [0.1, 0.15) is 99.8 Å². The molecule has 4 nitrogen and oxygen atoms in total. The van der Waals surface area contributed by atoms with Crippen LogP contribution in [-0.2, 0) is 13.1 Å².